The van der Waals surface area contributed by atoms with E-state index in [-0.39, 0.29) is 5.82 Å². The molecular formula is C15H15F. The lowest BCUT2D eigenvalue weighted by Gasteiger charge is -2.08. The van der Waals surface area contributed by atoms with Gasteiger partial charge in [0.25, 0.3) is 0 Å². The van der Waals surface area contributed by atoms with Gasteiger partial charge >= 0.3 is 0 Å². The molecule has 0 aliphatic carbocycles. The lowest BCUT2D eigenvalue weighted by molar-refractivity contribution is 0.628. The van der Waals surface area contributed by atoms with Crippen molar-refractivity contribution in [2.24, 2.45) is 0 Å². The van der Waals surface area contributed by atoms with Crippen LogP contribution in [-0.4, -0.2) is 0 Å². The fourth-order valence-corrected chi connectivity index (χ4v) is 1.75. The molecular weight excluding hydrogens is 199 g/mol. The number of benzene rings is 2. The molecule has 2 aromatic rings. The summed E-state index contributed by atoms with van der Waals surface area (Å²) >= 11 is 0. The van der Waals surface area contributed by atoms with Crippen LogP contribution in [0.25, 0.3) is 11.1 Å². The average molecular weight is 214 g/mol. The first-order chi connectivity index (χ1) is 7.66. The second kappa shape index (κ2) is 4.48. The fraction of sp³-hybridized carbons (Fsp3) is 0.200. The molecule has 0 fully saturated rings. The quantitative estimate of drug-likeness (QED) is 0.684. The SMILES string of the molecule is CC(C)c1cccc(-c2cccc(F)c2)c1. The Morgan fingerprint density at radius 3 is 2.12 bits per heavy atom. The van der Waals surface area contributed by atoms with Gasteiger partial charge in [-0.2, -0.15) is 0 Å². The summed E-state index contributed by atoms with van der Waals surface area (Å²) in [6, 6.07) is 15.0. The van der Waals surface area contributed by atoms with Crippen molar-refractivity contribution in [3.05, 3.63) is 59.9 Å². The van der Waals surface area contributed by atoms with Gasteiger partial charge in [0, 0.05) is 0 Å². The van der Waals surface area contributed by atoms with Gasteiger partial charge in [-0.05, 0) is 34.7 Å². The number of hydrogen-bond acceptors (Lipinski definition) is 0. The molecule has 0 aromatic heterocycles. The summed E-state index contributed by atoms with van der Waals surface area (Å²) < 4.78 is 13.1. The molecule has 1 heteroatoms. The van der Waals surface area contributed by atoms with E-state index in [1.165, 1.54) is 11.6 Å². The molecule has 2 rings (SSSR count). The molecule has 0 bridgehead atoms. The van der Waals surface area contributed by atoms with Gasteiger partial charge in [0.1, 0.15) is 5.82 Å². The van der Waals surface area contributed by atoms with Crippen LogP contribution in [0.1, 0.15) is 25.3 Å². The Bertz CT molecular complexity index is 486. The molecule has 0 amide bonds. The highest BCUT2D eigenvalue weighted by atomic mass is 19.1. The largest absolute Gasteiger partial charge is 0.207 e. The van der Waals surface area contributed by atoms with Crippen molar-refractivity contribution in [3.63, 3.8) is 0 Å². The van der Waals surface area contributed by atoms with E-state index in [2.05, 4.69) is 26.0 Å². The molecule has 16 heavy (non-hydrogen) atoms. The summed E-state index contributed by atoms with van der Waals surface area (Å²) in [5.74, 6) is 0.306. The number of rotatable bonds is 2. The third-order valence-corrected chi connectivity index (χ3v) is 2.71. The molecule has 2 aromatic carbocycles. The summed E-state index contributed by atoms with van der Waals surface area (Å²) in [5.41, 5.74) is 3.29. The first-order valence-electron chi connectivity index (χ1n) is 5.53. The van der Waals surface area contributed by atoms with Crippen molar-refractivity contribution >= 4 is 0 Å². The molecule has 0 atom stereocenters. The van der Waals surface area contributed by atoms with Crippen LogP contribution in [0.3, 0.4) is 0 Å². The number of halogens is 1. The molecule has 0 saturated heterocycles. The Hall–Kier alpha value is -1.63. The standard InChI is InChI=1S/C15H15F/c1-11(2)12-5-3-6-13(9-12)14-7-4-8-15(16)10-14/h3-11H,1-2H3. The normalized spacial score (nSPS) is 10.8. The van der Waals surface area contributed by atoms with Crippen molar-refractivity contribution in [2.45, 2.75) is 19.8 Å². The third-order valence-electron chi connectivity index (χ3n) is 2.71. The monoisotopic (exact) mass is 214 g/mol. The molecule has 0 unspecified atom stereocenters. The predicted octanol–water partition coefficient (Wildman–Crippen LogP) is 4.62. The zero-order valence-corrected chi connectivity index (χ0v) is 9.57. The summed E-state index contributed by atoms with van der Waals surface area (Å²) in [5, 5.41) is 0. The van der Waals surface area contributed by atoms with Crippen LogP contribution in [0.2, 0.25) is 0 Å². The lowest BCUT2D eigenvalue weighted by Crippen LogP contribution is -1.88. The van der Waals surface area contributed by atoms with Crippen LogP contribution in [0.4, 0.5) is 4.39 Å². The van der Waals surface area contributed by atoms with E-state index >= 15 is 0 Å². The second-order valence-corrected chi connectivity index (χ2v) is 4.29. The Balaban J connectivity index is 2.44. The topological polar surface area (TPSA) is 0 Å². The highest BCUT2D eigenvalue weighted by molar-refractivity contribution is 5.64. The maximum atomic E-state index is 13.1. The molecule has 0 nitrogen and oxygen atoms in total. The minimum Gasteiger partial charge on any atom is -0.207 e. The number of hydrogen-bond donors (Lipinski definition) is 0. The predicted molar refractivity (Wildman–Crippen MR) is 65.9 cm³/mol. The van der Waals surface area contributed by atoms with Crippen LogP contribution < -0.4 is 0 Å². The fourth-order valence-electron chi connectivity index (χ4n) is 1.75. The van der Waals surface area contributed by atoms with Crippen LogP contribution in [-0.2, 0) is 0 Å². The van der Waals surface area contributed by atoms with Gasteiger partial charge < -0.3 is 0 Å². The molecule has 0 saturated carbocycles. The van der Waals surface area contributed by atoms with Crippen molar-refractivity contribution in [1.82, 2.24) is 0 Å². The van der Waals surface area contributed by atoms with E-state index in [1.54, 1.807) is 12.1 Å². The summed E-state index contributed by atoms with van der Waals surface area (Å²) in [6.45, 7) is 4.31. The Labute approximate surface area is 95.7 Å². The lowest BCUT2D eigenvalue weighted by atomic mass is 9.97. The van der Waals surface area contributed by atoms with Crippen molar-refractivity contribution in [1.29, 1.82) is 0 Å². The maximum Gasteiger partial charge on any atom is 0.123 e. The maximum absolute atomic E-state index is 13.1. The van der Waals surface area contributed by atoms with Gasteiger partial charge in [0.15, 0.2) is 0 Å². The van der Waals surface area contributed by atoms with Crippen LogP contribution in [0.15, 0.2) is 48.5 Å². The van der Waals surface area contributed by atoms with E-state index < -0.39 is 0 Å². The van der Waals surface area contributed by atoms with Gasteiger partial charge in [0.2, 0.25) is 0 Å². The molecule has 0 heterocycles. The summed E-state index contributed by atoms with van der Waals surface area (Å²) in [6.07, 6.45) is 0. The van der Waals surface area contributed by atoms with E-state index in [0.29, 0.717) is 5.92 Å². The molecule has 0 N–H and O–H groups in total. The van der Waals surface area contributed by atoms with E-state index in [0.717, 1.165) is 11.1 Å². The Morgan fingerprint density at radius 1 is 0.875 bits per heavy atom. The molecule has 82 valence electrons. The van der Waals surface area contributed by atoms with E-state index in [1.807, 2.05) is 18.2 Å². The first kappa shape index (κ1) is 10.9. The van der Waals surface area contributed by atoms with Gasteiger partial charge in [-0.15, -0.1) is 0 Å². The van der Waals surface area contributed by atoms with Crippen LogP contribution in [0, 0.1) is 5.82 Å². The van der Waals surface area contributed by atoms with Gasteiger partial charge in [0.05, 0.1) is 0 Å². The summed E-state index contributed by atoms with van der Waals surface area (Å²) in [4.78, 5) is 0. The first-order valence-corrected chi connectivity index (χ1v) is 5.53. The molecule has 0 spiro atoms. The summed E-state index contributed by atoms with van der Waals surface area (Å²) in [7, 11) is 0. The second-order valence-electron chi connectivity index (χ2n) is 4.29. The van der Waals surface area contributed by atoms with Crippen LogP contribution >= 0.6 is 0 Å². The van der Waals surface area contributed by atoms with Crippen LogP contribution in [0.5, 0.6) is 0 Å². The van der Waals surface area contributed by atoms with Crippen molar-refractivity contribution < 1.29 is 4.39 Å². The van der Waals surface area contributed by atoms with Crippen molar-refractivity contribution in [2.75, 3.05) is 0 Å². The third kappa shape index (κ3) is 2.30. The zero-order chi connectivity index (χ0) is 11.5. The average Bonchev–Trinajstić information content (AvgIpc) is 2.29. The van der Waals surface area contributed by atoms with E-state index in [9.17, 15) is 4.39 Å². The minimum atomic E-state index is -0.188. The van der Waals surface area contributed by atoms with Gasteiger partial charge in [-0.3, -0.25) is 0 Å². The minimum absolute atomic E-state index is 0.188. The molecule has 0 radical (unpaired) electrons. The molecule has 0 aliphatic rings. The zero-order valence-electron chi connectivity index (χ0n) is 9.57. The van der Waals surface area contributed by atoms with E-state index in [4.69, 9.17) is 0 Å². The van der Waals surface area contributed by atoms with Gasteiger partial charge in [-0.25, -0.2) is 4.39 Å². The Kier molecular flexibility index (Phi) is 3.04. The van der Waals surface area contributed by atoms with Gasteiger partial charge in [-0.1, -0.05) is 50.2 Å². The highest BCUT2D eigenvalue weighted by Crippen LogP contribution is 2.24. The highest BCUT2D eigenvalue weighted by Gasteiger charge is 2.02. The Morgan fingerprint density at radius 2 is 1.50 bits per heavy atom. The molecule has 0 aliphatic heterocycles. The van der Waals surface area contributed by atoms with Crippen molar-refractivity contribution in [3.8, 4) is 11.1 Å². The smallest absolute Gasteiger partial charge is 0.123 e.